The van der Waals surface area contributed by atoms with Gasteiger partial charge in [0.05, 0.1) is 12.7 Å². The van der Waals surface area contributed by atoms with Crippen molar-refractivity contribution < 1.29 is 29.6 Å². The second kappa shape index (κ2) is 13.2. The second-order valence-electron chi connectivity index (χ2n) is 9.71. The molecule has 0 aliphatic carbocycles. The van der Waals surface area contributed by atoms with E-state index in [9.17, 15) is 20.1 Å². The Morgan fingerprint density at radius 2 is 1.74 bits per heavy atom. The summed E-state index contributed by atoms with van der Waals surface area (Å²) < 4.78 is 11.7. The zero-order valence-corrected chi connectivity index (χ0v) is 23.7. The van der Waals surface area contributed by atoms with Crippen LogP contribution in [0.5, 0.6) is 5.75 Å². The predicted molar refractivity (Wildman–Crippen MR) is 153 cm³/mol. The molecule has 0 aromatic heterocycles. The number of hydrogen-bond donors (Lipinski definition) is 3. The SMILES string of the molecule is CCOc1ccc(Cc2cc([C@@H]3O[C@H](CSc4cccc(C(=O)N(C)C)c4)[C@@H](O)[C@H](O)[C@H]3O)ccc2Cl)cc1. The van der Waals surface area contributed by atoms with Crippen LogP contribution < -0.4 is 4.74 Å². The Balaban J connectivity index is 1.49. The van der Waals surface area contributed by atoms with Gasteiger partial charge >= 0.3 is 0 Å². The third-order valence-electron chi connectivity index (χ3n) is 6.64. The first kappa shape index (κ1) is 29.4. The largest absolute Gasteiger partial charge is 0.494 e. The molecule has 208 valence electrons. The fourth-order valence-corrected chi connectivity index (χ4v) is 5.72. The van der Waals surface area contributed by atoms with Crippen molar-refractivity contribution in [1.29, 1.82) is 0 Å². The van der Waals surface area contributed by atoms with Crippen LogP contribution in [0.4, 0.5) is 0 Å². The number of ether oxygens (including phenoxy) is 2. The standard InChI is InChI=1S/C30H34ClNO6S/c1-4-37-22-11-8-18(9-12-22)14-21-15-19(10-13-24(21)31)29-28(35)27(34)26(33)25(38-29)17-39-23-7-5-6-20(16-23)30(36)32(2)3/h5-13,15-16,25-29,33-35H,4,14,17H2,1-3H3/t25-,26-,27+,28-,29+/m1/s1. The topological polar surface area (TPSA) is 99.5 Å². The predicted octanol–water partition coefficient (Wildman–Crippen LogP) is 4.35. The molecule has 3 aromatic rings. The summed E-state index contributed by atoms with van der Waals surface area (Å²) in [5, 5.41) is 32.8. The van der Waals surface area contributed by atoms with Crippen LogP contribution in [0, 0.1) is 0 Å². The molecule has 1 heterocycles. The van der Waals surface area contributed by atoms with Gasteiger partial charge in [-0.25, -0.2) is 0 Å². The minimum absolute atomic E-state index is 0.103. The van der Waals surface area contributed by atoms with Gasteiger partial charge in [0, 0.05) is 35.3 Å². The molecule has 0 spiro atoms. The van der Waals surface area contributed by atoms with Gasteiger partial charge in [0.25, 0.3) is 5.91 Å². The summed E-state index contributed by atoms with van der Waals surface area (Å²) in [5.74, 6) is 1.01. The van der Waals surface area contributed by atoms with Gasteiger partial charge in [-0.1, -0.05) is 41.9 Å². The van der Waals surface area contributed by atoms with Crippen LogP contribution in [0.1, 0.15) is 40.1 Å². The van der Waals surface area contributed by atoms with E-state index in [1.54, 1.807) is 44.4 Å². The first-order valence-electron chi connectivity index (χ1n) is 12.8. The molecule has 1 saturated heterocycles. The van der Waals surface area contributed by atoms with Crippen LogP contribution in [0.25, 0.3) is 0 Å². The van der Waals surface area contributed by atoms with Crippen LogP contribution in [-0.2, 0) is 11.2 Å². The number of carbonyl (C=O) groups is 1. The first-order valence-corrected chi connectivity index (χ1v) is 14.2. The van der Waals surface area contributed by atoms with Gasteiger partial charge in [0.15, 0.2) is 0 Å². The minimum Gasteiger partial charge on any atom is -0.494 e. The van der Waals surface area contributed by atoms with E-state index < -0.39 is 30.5 Å². The monoisotopic (exact) mass is 571 g/mol. The van der Waals surface area contributed by atoms with Crippen molar-refractivity contribution in [2.75, 3.05) is 26.5 Å². The molecule has 0 saturated carbocycles. The maximum absolute atomic E-state index is 12.3. The van der Waals surface area contributed by atoms with Crippen LogP contribution in [0.15, 0.2) is 71.6 Å². The van der Waals surface area contributed by atoms with Crippen molar-refractivity contribution in [3.05, 3.63) is 94.0 Å². The van der Waals surface area contributed by atoms with E-state index in [-0.39, 0.29) is 5.91 Å². The Morgan fingerprint density at radius 3 is 2.44 bits per heavy atom. The van der Waals surface area contributed by atoms with Gasteiger partial charge in [-0.05, 0) is 66.4 Å². The molecule has 5 atom stereocenters. The van der Waals surface area contributed by atoms with E-state index in [0.717, 1.165) is 21.8 Å². The molecule has 7 nitrogen and oxygen atoms in total. The number of carbonyl (C=O) groups excluding carboxylic acids is 1. The molecule has 39 heavy (non-hydrogen) atoms. The Hall–Kier alpha value is -2.59. The Morgan fingerprint density at radius 1 is 1.00 bits per heavy atom. The van der Waals surface area contributed by atoms with Crippen molar-refractivity contribution in [2.24, 2.45) is 0 Å². The molecular formula is C30H34ClNO6S. The summed E-state index contributed by atoms with van der Waals surface area (Å²) >= 11 is 7.91. The summed E-state index contributed by atoms with van der Waals surface area (Å²) in [6.45, 7) is 2.53. The van der Waals surface area contributed by atoms with E-state index in [1.165, 1.54) is 16.7 Å². The van der Waals surface area contributed by atoms with Crippen molar-refractivity contribution in [3.8, 4) is 5.75 Å². The zero-order chi connectivity index (χ0) is 28.1. The van der Waals surface area contributed by atoms with Gasteiger partial charge < -0.3 is 29.7 Å². The lowest BCUT2D eigenvalue weighted by Gasteiger charge is -2.41. The fraction of sp³-hybridized carbons (Fsp3) is 0.367. The molecular weight excluding hydrogens is 538 g/mol. The summed E-state index contributed by atoms with van der Waals surface area (Å²) in [6.07, 6.45) is -5.02. The number of amides is 1. The van der Waals surface area contributed by atoms with Crippen LogP contribution in [0.3, 0.4) is 0 Å². The van der Waals surface area contributed by atoms with E-state index in [1.807, 2.05) is 43.3 Å². The number of aliphatic hydroxyl groups excluding tert-OH is 3. The molecule has 1 fully saturated rings. The normalized spacial score (nSPS) is 22.9. The number of aliphatic hydroxyl groups is 3. The molecule has 4 rings (SSSR count). The smallest absolute Gasteiger partial charge is 0.253 e. The van der Waals surface area contributed by atoms with Crippen LogP contribution in [-0.4, -0.2) is 77.0 Å². The quantitative estimate of drug-likeness (QED) is 0.328. The maximum Gasteiger partial charge on any atom is 0.253 e. The van der Waals surface area contributed by atoms with Crippen LogP contribution in [0.2, 0.25) is 5.02 Å². The molecule has 1 amide bonds. The van der Waals surface area contributed by atoms with Gasteiger partial charge in [0.2, 0.25) is 0 Å². The molecule has 3 aromatic carbocycles. The van der Waals surface area contributed by atoms with Gasteiger partial charge in [-0.2, -0.15) is 0 Å². The number of thioether (sulfide) groups is 1. The second-order valence-corrected chi connectivity index (χ2v) is 11.2. The molecule has 1 aliphatic heterocycles. The molecule has 1 aliphatic rings. The minimum atomic E-state index is -1.39. The van der Waals surface area contributed by atoms with Crippen molar-refractivity contribution in [2.45, 2.75) is 48.8 Å². The summed E-state index contributed by atoms with van der Waals surface area (Å²) in [6, 6.07) is 20.4. The number of benzene rings is 3. The zero-order valence-electron chi connectivity index (χ0n) is 22.2. The first-order chi connectivity index (χ1) is 18.7. The maximum atomic E-state index is 12.3. The third kappa shape index (κ3) is 7.14. The lowest BCUT2D eigenvalue weighted by molar-refractivity contribution is -0.218. The summed E-state index contributed by atoms with van der Waals surface area (Å²) in [7, 11) is 3.39. The molecule has 3 N–H and O–H groups in total. The Kier molecular flexibility index (Phi) is 9.93. The van der Waals surface area contributed by atoms with Crippen molar-refractivity contribution in [1.82, 2.24) is 4.90 Å². The van der Waals surface area contributed by atoms with Gasteiger partial charge in [-0.3, -0.25) is 4.79 Å². The summed E-state index contributed by atoms with van der Waals surface area (Å²) in [4.78, 5) is 14.7. The third-order valence-corrected chi connectivity index (χ3v) is 8.09. The number of halogens is 1. The summed E-state index contributed by atoms with van der Waals surface area (Å²) in [5.41, 5.74) is 3.11. The van der Waals surface area contributed by atoms with E-state index in [2.05, 4.69) is 0 Å². The Bertz CT molecular complexity index is 1270. The number of rotatable bonds is 9. The molecule has 9 heteroatoms. The molecule has 0 bridgehead atoms. The van der Waals surface area contributed by atoms with E-state index >= 15 is 0 Å². The average molecular weight is 572 g/mol. The fourth-order valence-electron chi connectivity index (χ4n) is 4.52. The van der Waals surface area contributed by atoms with Crippen molar-refractivity contribution in [3.63, 3.8) is 0 Å². The van der Waals surface area contributed by atoms with E-state index in [0.29, 0.717) is 34.9 Å². The number of hydrogen-bond acceptors (Lipinski definition) is 7. The lowest BCUT2D eigenvalue weighted by atomic mass is 9.90. The lowest BCUT2D eigenvalue weighted by Crippen LogP contribution is -2.54. The highest BCUT2D eigenvalue weighted by atomic mass is 35.5. The van der Waals surface area contributed by atoms with Crippen molar-refractivity contribution >= 4 is 29.3 Å². The number of nitrogens with zero attached hydrogens (tertiary/aromatic N) is 1. The van der Waals surface area contributed by atoms with Crippen LogP contribution >= 0.6 is 23.4 Å². The molecule has 0 unspecified atom stereocenters. The molecule has 0 radical (unpaired) electrons. The highest BCUT2D eigenvalue weighted by Gasteiger charge is 2.44. The average Bonchev–Trinajstić information content (AvgIpc) is 2.93. The van der Waals surface area contributed by atoms with Gasteiger partial charge in [-0.15, -0.1) is 11.8 Å². The highest BCUT2D eigenvalue weighted by molar-refractivity contribution is 7.99. The van der Waals surface area contributed by atoms with E-state index in [4.69, 9.17) is 21.1 Å². The van der Waals surface area contributed by atoms with Gasteiger partial charge in [0.1, 0.15) is 30.2 Å². The Labute approximate surface area is 238 Å². The highest BCUT2D eigenvalue weighted by Crippen LogP contribution is 2.36.